The van der Waals surface area contributed by atoms with E-state index < -0.39 is 0 Å². The summed E-state index contributed by atoms with van der Waals surface area (Å²) in [6.07, 6.45) is 0. The van der Waals surface area contributed by atoms with Crippen LogP contribution in [-0.2, 0) is 14.4 Å². The molecule has 3 amide bonds. The van der Waals surface area contributed by atoms with E-state index in [1.807, 2.05) is 6.92 Å². The molecule has 0 aromatic heterocycles. The first-order valence-corrected chi connectivity index (χ1v) is 8.25. The molecule has 6 nitrogen and oxygen atoms in total. The predicted molar refractivity (Wildman–Crippen MR) is 93.1 cm³/mol. The monoisotopic (exact) mass is 351 g/mol. The fraction of sp³-hybridized carbons (Fsp3) is 0.471. The van der Waals surface area contributed by atoms with Gasteiger partial charge in [-0.2, -0.15) is 0 Å². The lowest BCUT2D eigenvalue weighted by molar-refractivity contribution is -0.137. The third-order valence-electron chi connectivity index (χ3n) is 4.28. The molecule has 0 atom stereocenters. The lowest BCUT2D eigenvalue weighted by Gasteiger charge is -2.35. The van der Waals surface area contributed by atoms with Crippen molar-refractivity contribution in [3.05, 3.63) is 28.8 Å². The second kappa shape index (κ2) is 7.66. The van der Waals surface area contributed by atoms with Crippen molar-refractivity contribution in [2.24, 2.45) is 0 Å². The Labute approximate surface area is 147 Å². The van der Waals surface area contributed by atoms with Gasteiger partial charge in [-0.05, 0) is 24.6 Å². The first kappa shape index (κ1) is 18.3. The van der Waals surface area contributed by atoms with E-state index in [1.54, 1.807) is 28.0 Å². The van der Waals surface area contributed by atoms with Gasteiger partial charge >= 0.3 is 0 Å². The highest BCUT2D eigenvalue weighted by Crippen LogP contribution is 2.26. The van der Waals surface area contributed by atoms with Crippen LogP contribution in [0.4, 0.5) is 5.69 Å². The number of anilines is 1. The summed E-state index contributed by atoms with van der Waals surface area (Å²) >= 11 is 6.12. The molecule has 130 valence electrons. The summed E-state index contributed by atoms with van der Waals surface area (Å²) in [5.74, 6) is -0.328. The van der Waals surface area contributed by atoms with Crippen LogP contribution in [0.25, 0.3) is 0 Å². The lowest BCUT2D eigenvalue weighted by Crippen LogP contribution is -2.52. The van der Waals surface area contributed by atoms with Gasteiger partial charge < -0.3 is 14.7 Å². The van der Waals surface area contributed by atoms with Crippen LogP contribution in [-0.4, -0.2) is 60.2 Å². The Balaban J connectivity index is 2.09. The molecule has 2 rings (SSSR count). The van der Waals surface area contributed by atoms with Crippen LogP contribution < -0.4 is 4.90 Å². The van der Waals surface area contributed by atoms with Gasteiger partial charge in [0.1, 0.15) is 6.54 Å². The van der Waals surface area contributed by atoms with Gasteiger partial charge in [0.05, 0.1) is 0 Å². The number of carbonyl (C=O) groups excluding carboxylic acids is 3. The molecule has 1 heterocycles. The Morgan fingerprint density at radius 1 is 1.08 bits per heavy atom. The van der Waals surface area contributed by atoms with Crippen molar-refractivity contribution in [2.75, 3.05) is 37.6 Å². The third-order valence-corrected chi connectivity index (χ3v) is 4.69. The molecule has 1 aromatic carbocycles. The summed E-state index contributed by atoms with van der Waals surface area (Å²) in [5, 5.41) is 0.557. The number of halogens is 1. The molecule has 0 unspecified atom stereocenters. The van der Waals surface area contributed by atoms with Crippen LogP contribution in [0, 0.1) is 6.92 Å². The highest BCUT2D eigenvalue weighted by Gasteiger charge is 2.25. The van der Waals surface area contributed by atoms with Crippen molar-refractivity contribution in [2.45, 2.75) is 20.8 Å². The summed E-state index contributed by atoms with van der Waals surface area (Å²) in [5.41, 5.74) is 1.41. The summed E-state index contributed by atoms with van der Waals surface area (Å²) in [4.78, 5) is 40.8. The van der Waals surface area contributed by atoms with Crippen LogP contribution in [0.3, 0.4) is 0 Å². The number of amides is 3. The molecule has 0 radical (unpaired) electrons. The van der Waals surface area contributed by atoms with Crippen molar-refractivity contribution in [1.29, 1.82) is 0 Å². The van der Waals surface area contributed by atoms with Crippen LogP contribution in [0.1, 0.15) is 19.4 Å². The second-order valence-corrected chi connectivity index (χ2v) is 6.28. The van der Waals surface area contributed by atoms with Crippen LogP contribution in [0.15, 0.2) is 18.2 Å². The molecule has 7 heteroatoms. The van der Waals surface area contributed by atoms with Gasteiger partial charge in [-0.25, -0.2) is 0 Å². The zero-order valence-corrected chi connectivity index (χ0v) is 15.0. The first-order valence-electron chi connectivity index (χ1n) is 7.87. The zero-order chi connectivity index (χ0) is 17.9. The van der Waals surface area contributed by atoms with E-state index in [2.05, 4.69) is 0 Å². The molecule has 1 aliphatic rings. The quantitative estimate of drug-likeness (QED) is 0.832. The highest BCUT2D eigenvalue weighted by molar-refractivity contribution is 6.31. The molecule has 1 fully saturated rings. The first-order chi connectivity index (χ1) is 11.3. The van der Waals surface area contributed by atoms with Crippen molar-refractivity contribution in [3.8, 4) is 0 Å². The average molecular weight is 352 g/mol. The van der Waals surface area contributed by atoms with Crippen molar-refractivity contribution in [1.82, 2.24) is 9.80 Å². The normalized spacial score (nSPS) is 14.5. The molecule has 1 saturated heterocycles. The Hall–Kier alpha value is -2.08. The second-order valence-electron chi connectivity index (χ2n) is 5.88. The van der Waals surface area contributed by atoms with E-state index in [4.69, 9.17) is 11.6 Å². The fourth-order valence-corrected chi connectivity index (χ4v) is 2.93. The minimum absolute atomic E-state index is 0.0158. The maximum atomic E-state index is 12.6. The number of hydrogen-bond donors (Lipinski definition) is 0. The van der Waals surface area contributed by atoms with Crippen molar-refractivity contribution in [3.63, 3.8) is 0 Å². The number of benzene rings is 1. The van der Waals surface area contributed by atoms with Crippen LogP contribution >= 0.6 is 11.6 Å². The zero-order valence-electron chi connectivity index (χ0n) is 14.2. The summed E-state index contributed by atoms with van der Waals surface area (Å²) in [7, 11) is 0. The van der Waals surface area contributed by atoms with Gasteiger partial charge in [0.2, 0.25) is 17.7 Å². The van der Waals surface area contributed by atoms with E-state index in [9.17, 15) is 14.4 Å². The SMILES string of the molecule is CC(=O)N1CCN(C(=O)CN(C(C)=O)c2cccc(Cl)c2C)CC1. The number of rotatable bonds is 3. The van der Waals surface area contributed by atoms with Gasteiger partial charge in [0, 0.05) is 50.7 Å². The molecular weight excluding hydrogens is 330 g/mol. The number of carbonyl (C=O) groups is 3. The molecule has 0 aliphatic carbocycles. The van der Waals surface area contributed by atoms with Gasteiger partial charge in [-0.15, -0.1) is 0 Å². The smallest absolute Gasteiger partial charge is 0.242 e. The molecule has 1 aliphatic heterocycles. The maximum Gasteiger partial charge on any atom is 0.242 e. The predicted octanol–water partition coefficient (Wildman–Crippen LogP) is 1.69. The topological polar surface area (TPSA) is 60.9 Å². The Bertz CT molecular complexity index is 654. The molecular formula is C17H22ClN3O3. The van der Waals surface area contributed by atoms with Gasteiger partial charge in [-0.3, -0.25) is 14.4 Å². The molecule has 0 N–H and O–H groups in total. The standard InChI is InChI=1S/C17H22ClN3O3/c1-12-15(18)5-4-6-16(12)21(14(3)23)11-17(24)20-9-7-19(8-10-20)13(2)22/h4-6H,7-11H2,1-3H3. The Morgan fingerprint density at radius 2 is 1.67 bits per heavy atom. The van der Waals surface area contributed by atoms with E-state index in [0.29, 0.717) is 36.9 Å². The molecule has 0 bridgehead atoms. The van der Waals surface area contributed by atoms with E-state index >= 15 is 0 Å². The van der Waals surface area contributed by atoms with Crippen LogP contribution in [0.2, 0.25) is 5.02 Å². The van der Waals surface area contributed by atoms with E-state index in [-0.39, 0.29) is 24.3 Å². The lowest BCUT2D eigenvalue weighted by atomic mass is 10.1. The number of piperazine rings is 1. The fourth-order valence-electron chi connectivity index (χ4n) is 2.76. The third kappa shape index (κ3) is 4.06. The maximum absolute atomic E-state index is 12.6. The number of hydrogen-bond acceptors (Lipinski definition) is 3. The molecule has 1 aromatic rings. The van der Waals surface area contributed by atoms with Gasteiger partial charge in [0.25, 0.3) is 0 Å². The summed E-state index contributed by atoms with van der Waals surface area (Å²) in [6, 6.07) is 5.29. The number of nitrogens with zero attached hydrogens (tertiary/aromatic N) is 3. The Morgan fingerprint density at radius 3 is 2.21 bits per heavy atom. The van der Waals surface area contributed by atoms with Gasteiger partial charge in [-0.1, -0.05) is 17.7 Å². The molecule has 0 spiro atoms. The minimum atomic E-state index is -0.212. The van der Waals surface area contributed by atoms with Gasteiger partial charge in [0.15, 0.2) is 0 Å². The van der Waals surface area contributed by atoms with E-state index in [1.165, 1.54) is 18.7 Å². The van der Waals surface area contributed by atoms with Crippen molar-refractivity contribution >= 4 is 35.0 Å². The van der Waals surface area contributed by atoms with Crippen LogP contribution in [0.5, 0.6) is 0 Å². The van der Waals surface area contributed by atoms with Crippen molar-refractivity contribution < 1.29 is 14.4 Å². The highest BCUT2D eigenvalue weighted by atomic mass is 35.5. The molecule has 24 heavy (non-hydrogen) atoms. The summed E-state index contributed by atoms with van der Waals surface area (Å²) < 4.78 is 0. The Kier molecular flexibility index (Phi) is 5.83. The van der Waals surface area contributed by atoms with E-state index in [0.717, 1.165) is 5.56 Å². The molecule has 0 saturated carbocycles. The summed E-state index contributed by atoms with van der Waals surface area (Å²) in [6.45, 7) is 6.77. The minimum Gasteiger partial charge on any atom is -0.339 e. The largest absolute Gasteiger partial charge is 0.339 e. The average Bonchev–Trinajstić information content (AvgIpc) is 2.55.